The average Bonchev–Trinajstić information content (AvgIpc) is 2.57. The third kappa shape index (κ3) is 3.47. The van der Waals surface area contributed by atoms with E-state index in [1.54, 1.807) is 6.20 Å². The summed E-state index contributed by atoms with van der Waals surface area (Å²) in [6, 6.07) is 13.6. The monoisotopic (exact) mass is 282 g/mol. The molecule has 0 radical (unpaired) electrons. The Hall–Kier alpha value is -2.20. The van der Waals surface area contributed by atoms with E-state index in [4.69, 9.17) is 0 Å². The van der Waals surface area contributed by atoms with Gasteiger partial charge in [0.15, 0.2) is 0 Å². The number of rotatable bonds is 3. The topological polar surface area (TPSA) is 37.6 Å². The minimum Gasteiger partial charge on any atom is -0.328 e. The highest BCUT2D eigenvalue weighted by Crippen LogP contribution is 2.05. The van der Waals surface area contributed by atoms with Crippen molar-refractivity contribution in [2.45, 2.75) is 6.54 Å². The number of hydrogen-bond donors (Lipinski definition) is 1. The molecule has 21 heavy (non-hydrogen) atoms. The normalized spacial score (nSPS) is 15.9. The number of nitrogens with one attached hydrogen (secondary N) is 1. The minimum absolute atomic E-state index is 0.149. The second kappa shape index (κ2) is 6.50. The van der Waals surface area contributed by atoms with Crippen LogP contribution in [0.15, 0.2) is 54.9 Å². The van der Waals surface area contributed by atoms with Gasteiger partial charge in [-0.15, -0.1) is 0 Å². The van der Waals surface area contributed by atoms with Gasteiger partial charge >= 0.3 is 0 Å². The van der Waals surface area contributed by atoms with Crippen LogP contribution in [0.5, 0.6) is 0 Å². The molecule has 1 aliphatic rings. The highest BCUT2D eigenvalue weighted by atomic mass is 16.2. The fourth-order valence-corrected chi connectivity index (χ4v) is 2.76. The number of amides is 1. The molecule has 1 saturated heterocycles. The van der Waals surface area contributed by atoms with E-state index in [-0.39, 0.29) is 5.91 Å². The summed E-state index contributed by atoms with van der Waals surface area (Å²) in [4.78, 5) is 20.0. The first-order chi connectivity index (χ1) is 10.3. The van der Waals surface area contributed by atoms with E-state index in [0.717, 1.165) is 38.3 Å². The number of carbonyl (C=O) groups excluding carboxylic acids is 1. The van der Waals surface area contributed by atoms with Crippen molar-refractivity contribution in [3.63, 3.8) is 0 Å². The predicted molar refractivity (Wildman–Crippen MR) is 81.0 cm³/mol. The average molecular weight is 282 g/mol. The van der Waals surface area contributed by atoms with Crippen LogP contribution in [-0.4, -0.2) is 42.0 Å². The summed E-state index contributed by atoms with van der Waals surface area (Å²) in [5, 5.41) is 0. The number of carbonyl (C=O) groups is 1. The summed E-state index contributed by atoms with van der Waals surface area (Å²) >= 11 is 0. The molecule has 2 aromatic rings. The molecule has 1 amide bonds. The Kier molecular flexibility index (Phi) is 4.26. The number of benzene rings is 1. The first-order valence-electron chi connectivity index (χ1n) is 7.40. The zero-order chi connectivity index (χ0) is 14.5. The molecule has 1 aromatic carbocycles. The third-order valence-corrected chi connectivity index (χ3v) is 3.96. The van der Waals surface area contributed by atoms with E-state index in [1.807, 2.05) is 47.5 Å². The van der Waals surface area contributed by atoms with Crippen LogP contribution in [0, 0.1) is 0 Å². The Balaban J connectivity index is 1.54. The maximum absolute atomic E-state index is 12.4. The molecular weight excluding hydrogens is 262 g/mol. The largest absolute Gasteiger partial charge is 0.328 e. The Morgan fingerprint density at radius 1 is 1.10 bits per heavy atom. The molecule has 1 N–H and O–H groups in total. The van der Waals surface area contributed by atoms with Crippen LogP contribution in [-0.2, 0) is 6.54 Å². The summed E-state index contributed by atoms with van der Waals surface area (Å²) in [7, 11) is 0. The SMILES string of the molecule is O=C(c1ccccc1)N1CC[NH+](Cc2cccnc2)CC1. The number of nitrogens with zero attached hydrogens (tertiary/aromatic N) is 2. The Morgan fingerprint density at radius 3 is 2.52 bits per heavy atom. The molecule has 0 spiro atoms. The molecule has 1 aliphatic heterocycles. The minimum atomic E-state index is 0.149. The number of quaternary nitrogens is 1. The molecule has 1 fully saturated rings. The standard InChI is InChI=1S/C17H19N3O/c21-17(16-6-2-1-3-7-16)20-11-9-19(10-12-20)14-15-5-4-8-18-13-15/h1-8,13H,9-12,14H2/p+1. The first-order valence-corrected chi connectivity index (χ1v) is 7.40. The third-order valence-electron chi connectivity index (χ3n) is 3.96. The van der Waals surface area contributed by atoms with Crippen molar-refractivity contribution >= 4 is 5.91 Å². The molecule has 108 valence electrons. The molecule has 4 nitrogen and oxygen atoms in total. The van der Waals surface area contributed by atoms with Crippen LogP contribution in [0.4, 0.5) is 0 Å². The molecule has 1 aromatic heterocycles. The lowest BCUT2D eigenvalue weighted by Crippen LogP contribution is -3.13. The second-order valence-corrected chi connectivity index (χ2v) is 5.45. The van der Waals surface area contributed by atoms with Gasteiger partial charge < -0.3 is 9.80 Å². The van der Waals surface area contributed by atoms with Gasteiger partial charge in [-0.2, -0.15) is 0 Å². The summed E-state index contributed by atoms with van der Waals surface area (Å²) in [6.45, 7) is 4.62. The molecule has 2 heterocycles. The van der Waals surface area contributed by atoms with Gasteiger partial charge in [0.2, 0.25) is 0 Å². The lowest BCUT2D eigenvalue weighted by atomic mass is 10.1. The van der Waals surface area contributed by atoms with Crippen LogP contribution in [0.2, 0.25) is 0 Å². The van der Waals surface area contributed by atoms with Crippen molar-refractivity contribution in [2.75, 3.05) is 26.2 Å². The Morgan fingerprint density at radius 2 is 1.86 bits per heavy atom. The highest BCUT2D eigenvalue weighted by molar-refractivity contribution is 5.94. The molecule has 0 atom stereocenters. The quantitative estimate of drug-likeness (QED) is 0.896. The van der Waals surface area contributed by atoms with Crippen LogP contribution in [0.25, 0.3) is 0 Å². The zero-order valence-corrected chi connectivity index (χ0v) is 12.0. The van der Waals surface area contributed by atoms with Crippen LogP contribution in [0.1, 0.15) is 15.9 Å². The summed E-state index contributed by atoms with van der Waals surface area (Å²) in [6.07, 6.45) is 3.73. The molecular formula is C17H20N3O+. The van der Waals surface area contributed by atoms with Gasteiger partial charge in [0.05, 0.1) is 26.2 Å². The van der Waals surface area contributed by atoms with E-state index in [2.05, 4.69) is 11.1 Å². The lowest BCUT2D eigenvalue weighted by Gasteiger charge is -2.32. The van der Waals surface area contributed by atoms with Crippen molar-refractivity contribution in [3.8, 4) is 0 Å². The summed E-state index contributed by atoms with van der Waals surface area (Å²) < 4.78 is 0. The van der Waals surface area contributed by atoms with Crippen molar-refractivity contribution < 1.29 is 9.69 Å². The van der Waals surface area contributed by atoms with Crippen molar-refractivity contribution in [1.82, 2.24) is 9.88 Å². The lowest BCUT2D eigenvalue weighted by molar-refractivity contribution is -0.917. The van der Waals surface area contributed by atoms with Crippen molar-refractivity contribution in [2.24, 2.45) is 0 Å². The smallest absolute Gasteiger partial charge is 0.254 e. The van der Waals surface area contributed by atoms with Crippen molar-refractivity contribution in [1.29, 1.82) is 0 Å². The molecule has 0 aliphatic carbocycles. The molecule has 0 saturated carbocycles. The van der Waals surface area contributed by atoms with Gasteiger partial charge in [0, 0.05) is 23.5 Å². The van der Waals surface area contributed by atoms with E-state index in [9.17, 15) is 4.79 Å². The predicted octanol–water partition coefficient (Wildman–Crippen LogP) is 0.622. The number of piperazine rings is 1. The molecule has 0 unspecified atom stereocenters. The van der Waals surface area contributed by atoms with Gasteiger partial charge in [0.1, 0.15) is 6.54 Å². The maximum Gasteiger partial charge on any atom is 0.254 e. The van der Waals surface area contributed by atoms with Crippen LogP contribution >= 0.6 is 0 Å². The first kappa shape index (κ1) is 13.8. The maximum atomic E-state index is 12.4. The van der Waals surface area contributed by atoms with E-state index in [1.165, 1.54) is 10.5 Å². The fourth-order valence-electron chi connectivity index (χ4n) is 2.76. The zero-order valence-electron chi connectivity index (χ0n) is 12.0. The van der Waals surface area contributed by atoms with Gasteiger partial charge in [-0.05, 0) is 18.2 Å². The van der Waals surface area contributed by atoms with E-state index >= 15 is 0 Å². The summed E-state index contributed by atoms with van der Waals surface area (Å²) in [5.41, 5.74) is 2.04. The van der Waals surface area contributed by atoms with Crippen molar-refractivity contribution in [3.05, 3.63) is 66.0 Å². The molecule has 4 heteroatoms. The Labute approximate surface area is 125 Å². The van der Waals surface area contributed by atoms with Gasteiger partial charge in [-0.3, -0.25) is 9.78 Å². The Bertz CT molecular complexity index is 577. The van der Waals surface area contributed by atoms with Crippen LogP contribution in [0.3, 0.4) is 0 Å². The second-order valence-electron chi connectivity index (χ2n) is 5.45. The van der Waals surface area contributed by atoms with Gasteiger partial charge in [-0.25, -0.2) is 0 Å². The van der Waals surface area contributed by atoms with Gasteiger partial charge in [-0.1, -0.05) is 24.3 Å². The molecule has 0 bridgehead atoms. The van der Waals surface area contributed by atoms with E-state index in [0.29, 0.717) is 0 Å². The highest BCUT2D eigenvalue weighted by Gasteiger charge is 2.24. The fraction of sp³-hybridized carbons (Fsp3) is 0.294. The molecule has 3 rings (SSSR count). The van der Waals surface area contributed by atoms with Gasteiger partial charge in [0.25, 0.3) is 5.91 Å². The summed E-state index contributed by atoms with van der Waals surface area (Å²) in [5.74, 6) is 0.149. The van der Waals surface area contributed by atoms with E-state index < -0.39 is 0 Å². The van der Waals surface area contributed by atoms with Crippen LogP contribution < -0.4 is 4.90 Å². The number of hydrogen-bond acceptors (Lipinski definition) is 2. The number of aromatic nitrogens is 1. The number of pyridine rings is 1.